The fourth-order valence-corrected chi connectivity index (χ4v) is 2.37. The Morgan fingerprint density at radius 3 is 2.36 bits per heavy atom. The number of hydrogen-bond donors (Lipinski definition) is 2. The van der Waals surface area contributed by atoms with Gasteiger partial charge in [-0.2, -0.15) is 0 Å². The van der Waals surface area contributed by atoms with Crippen LogP contribution in [0.4, 0.5) is 5.69 Å². The molecule has 0 radical (unpaired) electrons. The summed E-state index contributed by atoms with van der Waals surface area (Å²) in [4.78, 5) is 23.5. The second kappa shape index (κ2) is 8.09. The minimum absolute atomic E-state index is 0.0837. The monoisotopic (exact) mass is 316 g/mol. The Kier molecular flexibility index (Phi) is 5.85. The number of rotatable bonds is 7. The third-order valence-corrected chi connectivity index (χ3v) is 3.64. The lowest BCUT2D eigenvalue weighted by Crippen LogP contribution is -2.20. The Balaban J connectivity index is 1.80. The maximum Gasteiger partial charge on any atom is 0.255 e. The average molecular weight is 316 g/mol. The van der Waals surface area contributed by atoms with Crippen molar-refractivity contribution in [2.24, 2.45) is 5.73 Å². The van der Waals surface area contributed by atoms with Crippen LogP contribution in [0.3, 0.4) is 0 Å². The number of benzene rings is 2. The van der Waals surface area contributed by atoms with E-state index in [2.05, 4.69) is 5.32 Å². The van der Waals surface area contributed by atoms with Gasteiger partial charge in [-0.1, -0.05) is 18.2 Å². The van der Waals surface area contributed by atoms with Crippen LogP contribution in [0.25, 0.3) is 0 Å². The van der Waals surface area contributed by atoms with Crippen LogP contribution in [-0.4, -0.2) is 24.2 Å². The highest BCUT2D eigenvalue weighted by molar-refractivity contribution is 8.00. The average Bonchev–Trinajstić information content (AvgIpc) is 2.53. The van der Waals surface area contributed by atoms with Gasteiger partial charge in [-0.3, -0.25) is 9.59 Å². The van der Waals surface area contributed by atoms with Gasteiger partial charge in [-0.05, 0) is 36.4 Å². The van der Waals surface area contributed by atoms with Crippen LogP contribution in [0.1, 0.15) is 0 Å². The fraction of sp³-hybridized carbons (Fsp3) is 0.125. The van der Waals surface area contributed by atoms with Gasteiger partial charge in [0.25, 0.3) is 5.91 Å². The van der Waals surface area contributed by atoms with Crippen molar-refractivity contribution in [1.82, 2.24) is 0 Å². The predicted molar refractivity (Wildman–Crippen MR) is 86.9 cm³/mol. The number of thioether (sulfide) groups is 1. The molecule has 0 aromatic heterocycles. The first-order chi connectivity index (χ1) is 10.6. The van der Waals surface area contributed by atoms with E-state index in [1.54, 1.807) is 24.3 Å². The first kappa shape index (κ1) is 15.9. The van der Waals surface area contributed by atoms with Crippen molar-refractivity contribution in [1.29, 1.82) is 0 Å². The van der Waals surface area contributed by atoms with Gasteiger partial charge in [0.1, 0.15) is 5.75 Å². The first-order valence-electron chi connectivity index (χ1n) is 6.62. The highest BCUT2D eigenvalue weighted by Gasteiger charge is 2.04. The molecule has 0 aliphatic rings. The number of primary amides is 1. The molecule has 114 valence electrons. The molecule has 22 heavy (non-hydrogen) atoms. The molecule has 5 nitrogen and oxygen atoms in total. The van der Waals surface area contributed by atoms with Gasteiger partial charge in [0.15, 0.2) is 6.61 Å². The van der Waals surface area contributed by atoms with E-state index in [1.807, 2.05) is 30.3 Å². The smallest absolute Gasteiger partial charge is 0.255 e. The van der Waals surface area contributed by atoms with E-state index < -0.39 is 5.91 Å². The summed E-state index contributed by atoms with van der Waals surface area (Å²) in [6.45, 7) is -0.167. The second-order valence-corrected chi connectivity index (χ2v) is 5.48. The number of hydrogen-bond acceptors (Lipinski definition) is 4. The third kappa shape index (κ3) is 5.49. The molecule has 0 heterocycles. The van der Waals surface area contributed by atoms with Gasteiger partial charge in [-0.25, -0.2) is 0 Å². The van der Waals surface area contributed by atoms with Crippen molar-refractivity contribution >= 4 is 29.3 Å². The molecule has 2 aromatic rings. The molecule has 0 atom stereocenters. The van der Waals surface area contributed by atoms with Crippen molar-refractivity contribution in [2.75, 3.05) is 17.7 Å². The van der Waals surface area contributed by atoms with Crippen molar-refractivity contribution < 1.29 is 14.3 Å². The lowest BCUT2D eigenvalue weighted by molar-refractivity contribution is -0.120. The molecule has 0 aliphatic heterocycles. The lowest BCUT2D eigenvalue weighted by Gasteiger charge is -2.07. The van der Waals surface area contributed by atoms with Gasteiger partial charge in [0, 0.05) is 10.6 Å². The van der Waals surface area contributed by atoms with Gasteiger partial charge in [0.2, 0.25) is 5.91 Å². The number of carbonyl (C=O) groups excluding carboxylic acids is 2. The summed E-state index contributed by atoms with van der Waals surface area (Å²) in [6, 6.07) is 16.5. The largest absolute Gasteiger partial charge is 0.484 e. The molecule has 3 N–H and O–H groups in total. The van der Waals surface area contributed by atoms with E-state index >= 15 is 0 Å². The fourth-order valence-electron chi connectivity index (χ4n) is 1.65. The second-order valence-electron chi connectivity index (χ2n) is 4.43. The van der Waals surface area contributed by atoms with Gasteiger partial charge in [0.05, 0.1) is 5.75 Å². The number of anilines is 1. The SMILES string of the molecule is NC(=O)COc1ccc(NC(=O)CSc2ccccc2)cc1. The van der Waals surface area contributed by atoms with E-state index in [0.717, 1.165) is 4.90 Å². The minimum Gasteiger partial charge on any atom is -0.484 e. The van der Waals surface area contributed by atoms with Crippen molar-refractivity contribution in [3.05, 3.63) is 54.6 Å². The number of amides is 2. The molecule has 2 rings (SSSR count). The molecule has 0 spiro atoms. The van der Waals surface area contributed by atoms with E-state index in [9.17, 15) is 9.59 Å². The summed E-state index contributed by atoms with van der Waals surface area (Å²) in [5.74, 6) is 0.245. The Labute approximate surface area is 132 Å². The van der Waals surface area contributed by atoms with Gasteiger partial charge in [-0.15, -0.1) is 11.8 Å². The number of carbonyl (C=O) groups is 2. The Hall–Kier alpha value is -2.47. The summed E-state index contributed by atoms with van der Waals surface area (Å²) < 4.78 is 5.14. The molecule has 0 saturated carbocycles. The summed E-state index contributed by atoms with van der Waals surface area (Å²) in [7, 11) is 0. The topological polar surface area (TPSA) is 81.4 Å². The van der Waals surface area contributed by atoms with Gasteiger partial charge >= 0.3 is 0 Å². The first-order valence-corrected chi connectivity index (χ1v) is 7.61. The number of nitrogens with two attached hydrogens (primary N) is 1. The van der Waals surface area contributed by atoms with Crippen LogP contribution < -0.4 is 15.8 Å². The molecular formula is C16H16N2O3S. The van der Waals surface area contributed by atoms with E-state index in [1.165, 1.54) is 11.8 Å². The molecular weight excluding hydrogens is 300 g/mol. The molecule has 2 aromatic carbocycles. The van der Waals surface area contributed by atoms with E-state index in [0.29, 0.717) is 17.2 Å². The summed E-state index contributed by atoms with van der Waals surface area (Å²) in [5.41, 5.74) is 5.67. The highest BCUT2D eigenvalue weighted by Crippen LogP contribution is 2.19. The quantitative estimate of drug-likeness (QED) is 0.768. The molecule has 0 saturated heterocycles. The maximum absolute atomic E-state index is 11.9. The maximum atomic E-state index is 11.9. The Morgan fingerprint density at radius 1 is 1.05 bits per heavy atom. The van der Waals surface area contributed by atoms with Crippen LogP contribution in [0.2, 0.25) is 0 Å². The van der Waals surface area contributed by atoms with Crippen LogP contribution in [-0.2, 0) is 9.59 Å². The van der Waals surface area contributed by atoms with Crippen molar-refractivity contribution in [2.45, 2.75) is 4.90 Å². The Bertz CT molecular complexity index is 630. The zero-order valence-corrected chi connectivity index (χ0v) is 12.6. The van der Waals surface area contributed by atoms with Crippen LogP contribution >= 0.6 is 11.8 Å². The van der Waals surface area contributed by atoms with Crippen molar-refractivity contribution in [3.63, 3.8) is 0 Å². The molecule has 0 unspecified atom stereocenters. The number of nitrogens with one attached hydrogen (secondary N) is 1. The molecule has 0 bridgehead atoms. The molecule has 0 fully saturated rings. The lowest BCUT2D eigenvalue weighted by atomic mass is 10.3. The number of ether oxygens (including phenoxy) is 1. The zero-order chi connectivity index (χ0) is 15.8. The van der Waals surface area contributed by atoms with Crippen LogP contribution in [0.15, 0.2) is 59.5 Å². The van der Waals surface area contributed by atoms with E-state index in [4.69, 9.17) is 10.5 Å². The molecule has 0 aliphatic carbocycles. The standard InChI is InChI=1S/C16H16N2O3S/c17-15(19)10-21-13-8-6-12(7-9-13)18-16(20)11-22-14-4-2-1-3-5-14/h1-9H,10-11H2,(H2,17,19)(H,18,20). The molecule has 6 heteroatoms. The van der Waals surface area contributed by atoms with Gasteiger partial charge < -0.3 is 15.8 Å². The highest BCUT2D eigenvalue weighted by atomic mass is 32.2. The summed E-state index contributed by atoms with van der Waals surface area (Å²) in [6.07, 6.45) is 0. The van der Waals surface area contributed by atoms with Crippen LogP contribution in [0.5, 0.6) is 5.75 Å². The molecule has 2 amide bonds. The summed E-state index contributed by atoms with van der Waals surface area (Å²) in [5, 5.41) is 2.80. The normalized spacial score (nSPS) is 10.0. The van der Waals surface area contributed by atoms with E-state index in [-0.39, 0.29) is 12.5 Å². The third-order valence-electron chi connectivity index (χ3n) is 2.63. The van der Waals surface area contributed by atoms with Crippen LogP contribution in [0, 0.1) is 0 Å². The summed E-state index contributed by atoms with van der Waals surface area (Å²) >= 11 is 1.47. The Morgan fingerprint density at radius 2 is 1.73 bits per heavy atom. The minimum atomic E-state index is -0.532. The van der Waals surface area contributed by atoms with Crippen molar-refractivity contribution in [3.8, 4) is 5.75 Å². The predicted octanol–water partition coefficient (Wildman–Crippen LogP) is 2.28. The zero-order valence-electron chi connectivity index (χ0n) is 11.8.